The van der Waals surface area contributed by atoms with Gasteiger partial charge in [-0.05, 0) is 61.1 Å². The fraction of sp³-hybridized carbons (Fsp3) is 0.357. The summed E-state index contributed by atoms with van der Waals surface area (Å²) in [5.41, 5.74) is 4.36. The predicted octanol–water partition coefficient (Wildman–Crippen LogP) is 4.23. The molecule has 3 fully saturated rings. The van der Waals surface area contributed by atoms with E-state index in [2.05, 4.69) is 25.9 Å². The quantitative estimate of drug-likeness (QED) is 0.471. The molecule has 37 heavy (non-hydrogen) atoms. The molecule has 0 radical (unpaired) electrons. The maximum absolute atomic E-state index is 12.8. The van der Waals surface area contributed by atoms with Crippen LogP contribution in [0.1, 0.15) is 25.7 Å². The second kappa shape index (κ2) is 10.2. The molecule has 3 N–H and O–H groups in total. The number of hydrogen-bond donors (Lipinski definition) is 3. The number of anilines is 4. The van der Waals surface area contributed by atoms with Gasteiger partial charge >= 0.3 is 6.03 Å². The third kappa shape index (κ3) is 5.41. The first-order chi connectivity index (χ1) is 18.1. The Morgan fingerprint density at radius 3 is 2.51 bits per heavy atom. The number of nitrogens with one attached hydrogen (secondary N) is 3. The summed E-state index contributed by atoms with van der Waals surface area (Å²) < 4.78 is 0. The molecule has 0 spiro atoms. The topological polar surface area (TPSA) is 102 Å². The van der Waals surface area contributed by atoms with Crippen LogP contribution in [0.4, 0.5) is 27.7 Å². The molecule has 4 heterocycles. The molecule has 6 rings (SSSR count). The van der Waals surface area contributed by atoms with E-state index in [4.69, 9.17) is 0 Å². The fourth-order valence-electron chi connectivity index (χ4n) is 5.10. The first-order valence-electron chi connectivity index (χ1n) is 13.0. The molecule has 2 aromatic heterocycles. The summed E-state index contributed by atoms with van der Waals surface area (Å²) in [6.07, 6.45) is 9.23. The Kier molecular flexibility index (Phi) is 6.44. The number of carbonyl (C=O) groups is 2. The van der Waals surface area contributed by atoms with Crippen molar-refractivity contribution in [2.45, 2.75) is 31.7 Å². The van der Waals surface area contributed by atoms with Crippen molar-refractivity contribution in [3.63, 3.8) is 0 Å². The van der Waals surface area contributed by atoms with Crippen molar-refractivity contribution in [2.24, 2.45) is 5.92 Å². The normalized spacial score (nSPS) is 19.7. The van der Waals surface area contributed by atoms with Crippen LogP contribution in [0.25, 0.3) is 11.1 Å². The van der Waals surface area contributed by atoms with Crippen molar-refractivity contribution in [3.05, 3.63) is 61.1 Å². The number of amides is 3. The van der Waals surface area contributed by atoms with Gasteiger partial charge in [0.2, 0.25) is 5.91 Å². The van der Waals surface area contributed by atoms with Gasteiger partial charge in [0, 0.05) is 56.1 Å². The molecule has 0 bridgehead atoms. The second-order valence-electron chi connectivity index (χ2n) is 9.99. The molecule has 9 heteroatoms. The van der Waals surface area contributed by atoms with Gasteiger partial charge in [0.05, 0.1) is 23.8 Å². The molecule has 1 saturated carbocycles. The molecule has 2 aliphatic heterocycles. The summed E-state index contributed by atoms with van der Waals surface area (Å²) in [6, 6.07) is 14.1. The Morgan fingerprint density at radius 1 is 0.973 bits per heavy atom. The van der Waals surface area contributed by atoms with E-state index in [-0.39, 0.29) is 11.9 Å². The lowest BCUT2D eigenvalue weighted by atomic mass is 10.1. The summed E-state index contributed by atoms with van der Waals surface area (Å²) in [6.45, 7) is 3.07. The summed E-state index contributed by atoms with van der Waals surface area (Å²) in [4.78, 5) is 37.4. The Morgan fingerprint density at radius 2 is 1.78 bits per heavy atom. The minimum absolute atomic E-state index is 0.0892. The largest absolute Gasteiger partial charge is 0.339 e. The average molecular weight is 498 g/mol. The number of rotatable bonds is 6. The first kappa shape index (κ1) is 23.4. The van der Waals surface area contributed by atoms with Crippen LogP contribution in [0.3, 0.4) is 0 Å². The van der Waals surface area contributed by atoms with Crippen LogP contribution in [-0.4, -0.2) is 59.0 Å². The Labute approximate surface area is 216 Å². The highest BCUT2D eigenvalue weighted by molar-refractivity contribution is 5.95. The molecule has 3 amide bonds. The number of benzene rings is 1. The van der Waals surface area contributed by atoms with Gasteiger partial charge in [-0.1, -0.05) is 12.1 Å². The SMILES string of the molecule is O=C(Nc1cncc(Nc2ccc(-c3ccc(N4CCCC4=O)cc3)cn2)c1)N1CCNC(C2CC2)C1. The molecule has 9 nitrogen and oxygen atoms in total. The van der Waals surface area contributed by atoms with E-state index >= 15 is 0 Å². The zero-order valence-corrected chi connectivity index (χ0v) is 20.7. The lowest BCUT2D eigenvalue weighted by Crippen LogP contribution is -2.54. The van der Waals surface area contributed by atoms with Gasteiger partial charge in [-0.25, -0.2) is 9.78 Å². The Hall–Kier alpha value is -3.98. The Balaban J connectivity index is 1.07. The number of urea groups is 1. The highest BCUT2D eigenvalue weighted by Gasteiger charge is 2.35. The molecular weight excluding hydrogens is 466 g/mol. The lowest BCUT2D eigenvalue weighted by molar-refractivity contribution is -0.117. The van der Waals surface area contributed by atoms with Crippen molar-refractivity contribution >= 4 is 34.8 Å². The third-order valence-electron chi connectivity index (χ3n) is 7.29. The van der Waals surface area contributed by atoms with Gasteiger partial charge in [0.15, 0.2) is 0 Å². The van der Waals surface area contributed by atoms with Gasteiger partial charge in [0.1, 0.15) is 5.82 Å². The first-order valence-corrected chi connectivity index (χ1v) is 13.0. The van der Waals surface area contributed by atoms with E-state index in [1.165, 1.54) is 12.8 Å². The van der Waals surface area contributed by atoms with Gasteiger partial charge in [-0.15, -0.1) is 0 Å². The maximum atomic E-state index is 12.8. The standard InChI is InChI=1S/C28H31N7O2/c36-27-2-1-12-35(27)24-8-5-19(6-9-24)21-7-10-26(31-15-21)32-22-14-23(17-29-16-22)33-28(37)34-13-11-30-25(18-34)20-3-4-20/h5-10,14-17,20,25,30H,1-4,11-13,18H2,(H,31,32)(H,33,37). The maximum Gasteiger partial charge on any atom is 0.321 e. The molecule has 1 aromatic carbocycles. The van der Waals surface area contributed by atoms with Crippen molar-refractivity contribution < 1.29 is 9.59 Å². The molecule has 190 valence electrons. The van der Waals surface area contributed by atoms with E-state index in [0.29, 0.717) is 36.4 Å². The molecule has 1 aliphatic carbocycles. The van der Waals surface area contributed by atoms with Gasteiger partial charge in [-0.3, -0.25) is 9.78 Å². The Bertz CT molecular complexity index is 1270. The molecule has 1 unspecified atom stereocenters. The summed E-state index contributed by atoms with van der Waals surface area (Å²) in [7, 11) is 0. The van der Waals surface area contributed by atoms with Crippen molar-refractivity contribution in [1.82, 2.24) is 20.2 Å². The number of carbonyl (C=O) groups excluding carboxylic acids is 2. The van der Waals surface area contributed by atoms with E-state index in [0.717, 1.165) is 48.6 Å². The fourth-order valence-corrected chi connectivity index (χ4v) is 5.10. The lowest BCUT2D eigenvalue weighted by Gasteiger charge is -2.33. The van der Waals surface area contributed by atoms with Crippen LogP contribution < -0.4 is 20.9 Å². The van der Waals surface area contributed by atoms with Crippen molar-refractivity contribution in [1.29, 1.82) is 0 Å². The van der Waals surface area contributed by atoms with Crippen LogP contribution in [0.5, 0.6) is 0 Å². The number of nitrogens with zero attached hydrogens (tertiary/aromatic N) is 4. The third-order valence-corrected chi connectivity index (χ3v) is 7.29. The molecular formula is C28H31N7O2. The van der Waals surface area contributed by atoms with Gasteiger partial charge < -0.3 is 25.8 Å². The molecule has 3 aliphatic rings. The van der Waals surface area contributed by atoms with Crippen LogP contribution in [0.15, 0.2) is 61.1 Å². The van der Waals surface area contributed by atoms with E-state index in [1.807, 2.05) is 58.5 Å². The van der Waals surface area contributed by atoms with E-state index < -0.39 is 0 Å². The summed E-state index contributed by atoms with van der Waals surface area (Å²) >= 11 is 0. The number of piperazine rings is 1. The monoisotopic (exact) mass is 497 g/mol. The number of aromatic nitrogens is 2. The van der Waals surface area contributed by atoms with Gasteiger partial charge in [0.25, 0.3) is 0 Å². The molecule has 3 aromatic rings. The van der Waals surface area contributed by atoms with Crippen molar-refractivity contribution in [2.75, 3.05) is 41.7 Å². The summed E-state index contributed by atoms with van der Waals surface area (Å²) in [5.74, 6) is 1.58. The number of hydrogen-bond acceptors (Lipinski definition) is 6. The van der Waals surface area contributed by atoms with Gasteiger partial charge in [-0.2, -0.15) is 0 Å². The van der Waals surface area contributed by atoms with Crippen LogP contribution in [0.2, 0.25) is 0 Å². The van der Waals surface area contributed by atoms with E-state index in [1.54, 1.807) is 12.4 Å². The summed E-state index contributed by atoms with van der Waals surface area (Å²) in [5, 5.41) is 9.78. The van der Waals surface area contributed by atoms with E-state index in [9.17, 15) is 9.59 Å². The number of pyridine rings is 2. The minimum Gasteiger partial charge on any atom is -0.339 e. The average Bonchev–Trinajstić information content (AvgIpc) is 3.70. The van der Waals surface area contributed by atoms with Crippen LogP contribution in [0, 0.1) is 5.92 Å². The molecule has 2 saturated heterocycles. The minimum atomic E-state index is -0.0892. The highest BCUT2D eigenvalue weighted by Crippen LogP contribution is 2.33. The van der Waals surface area contributed by atoms with Crippen LogP contribution in [-0.2, 0) is 4.79 Å². The zero-order valence-electron chi connectivity index (χ0n) is 20.7. The highest BCUT2D eigenvalue weighted by atomic mass is 16.2. The second-order valence-corrected chi connectivity index (χ2v) is 9.99. The smallest absolute Gasteiger partial charge is 0.321 e. The zero-order chi connectivity index (χ0) is 25.2. The van der Waals surface area contributed by atoms with Crippen LogP contribution >= 0.6 is 0 Å². The molecule has 1 atom stereocenters. The predicted molar refractivity (Wildman–Crippen MR) is 144 cm³/mol. The van der Waals surface area contributed by atoms with Crippen molar-refractivity contribution in [3.8, 4) is 11.1 Å².